The monoisotopic (exact) mass is 263 g/mol. The molecule has 0 aliphatic rings. The van der Waals surface area contributed by atoms with Crippen molar-refractivity contribution in [3.8, 4) is 5.75 Å². The molecule has 0 radical (unpaired) electrons. The van der Waals surface area contributed by atoms with Gasteiger partial charge in [-0.2, -0.15) is 0 Å². The molecule has 0 aliphatic carbocycles. The highest BCUT2D eigenvalue weighted by atomic mass is 16.5. The summed E-state index contributed by atoms with van der Waals surface area (Å²) >= 11 is 0. The molecule has 20 heavy (non-hydrogen) atoms. The van der Waals surface area contributed by atoms with Gasteiger partial charge in [-0.1, -0.05) is 36.4 Å². The minimum Gasteiger partial charge on any atom is -0.488 e. The van der Waals surface area contributed by atoms with Crippen molar-refractivity contribution in [1.82, 2.24) is 4.98 Å². The van der Waals surface area contributed by atoms with Gasteiger partial charge in [0.2, 0.25) is 0 Å². The second-order valence-electron chi connectivity index (χ2n) is 4.47. The van der Waals surface area contributed by atoms with E-state index < -0.39 is 0 Å². The number of fused-ring (bicyclic) bond motifs is 1. The molecular weight excluding hydrogens is 250 g/mol. The molecule has 0 aliphatic heterocycles. The third kappa shape index (κ3) is 2.52. The van der Waals surface area contributed by atoms with Gasteiger partial charge in [-0.3, -0.25) is 9.78 Å². The zero-order valence-corrected chi connectivity index (χ0v) is 10.8. The standard InChI is InChI=1S/C17H13NO2/c19-11-13-5-7-14(8-6-13)12-20-17-9-10-18-16-4-2-1-3-15(16)17/h1-11H,12H2. The van der Waals surface area contributed by atoms with Crippen LogP contribution in [0.25, 0.3) is 10.9 Å². The van der Waals surface area contributed by atoms with E-state index in [4.69, 9.17) is 4.74 Å². The van der Waals surface area contributed by atoms with Gasteiger partial charge in [0.15, 0.2) is 0 Å². The number of nitrogens with zero attached hydrogens (tertiary/aromatic N) is 1. The number of pyridine rings is 1. The van der Waals surface area contributed by atoms with E-state index in [2.05, 4.69) is 4.98 Å². The predicted octanol–water partition coefficient (Wildman–Crippen LogP) is 3.63. The Hall–Kier alpha value is -2.68. The first-order chi connectivity index (χ1) is 9.86. The van der Waals surface area contributed by atoms with Gasteiger partial charge in [0.05, 0.1) is 5.52 Å². The van der Waals surface area contributed by atoms with Crippen molar-refractivity contribution in [2.24, 2.45) is 0 Å². The summed E-state index contributed by atoms with van der Waals surface area (Å²) in [6.45, 7) is 0.465. The number of benzene rings is 2. The molecule has 0 bridgehead atoms. The van der Waals surface area contributed by atoms with Crippen LogP contribution in [0.15, 0.2) is 60.8 Å². The number of aromatic nitrogens is 1. The van der Waals surface area contributed by atoms with Crippen LogP contribution in [0.4, 0.5) is 0 Å². The SMILES string of the molecule is O=Cc1ccc(COc2ccnc3ccccc23)cc1. The Bertz CT molecular complexity index is 730. The molecule has 0 unspecified atom stereocenters. The topological polar surface area (TPSA) is 39.2 Å². The highest BCUT2D eigenvalue weighted by Gasteiger charge is 2.02. The maximum absolute atomic E-state index is 10.6. The van der Waals surface area contributed by atoms with Crippen LogP contribution < -0.4 is 4.74 Å². The van der Waals surface area contributed by atoms with Crippen LogP contribution in [-0.2, 0) is 6.61 Å². The van der Waals surface area contributed by atoms with Crippen LogP contribution in [-0.4, -0.2) is 11.3 Å². The molecule has 1 heterocycles. The minimum absolute atomic E-state index is 0.465. The van der Waals surface area contributed by atoms with Gasteiger partial charge in [-0.25, -0.2) is 0 Å². The van der Waals surface area contributed by atoms with E-state index in [0.717, 1.165) is 28.5 Å². The van der Waals surface area contributed by atoms with E-state index >= 15 is 0 Å². The van der Waals surface area contributed by atoms with Gasteiger partial charge in [0.25, 0.3) is 0 Å². The first kappa shape index (κ1) is 12.4. The first-order valence-electron chi connectivity index (χ1n) is 6.37. The summed E-state index contributed by atoms with van der Waals surface area (Å²) < 4.78 is 5.85. The minimum atomic E-state index is 0.465. The average Bonchev–Trinajstić information content (AvgIpc) is 2.53. The zero-order chi connectivity index (χ0) is 13.8. The Balaban J connectivity index is 1.81. The second-order valence-corrected chi connectivity index (χ2v) is 4.47. The number of ether oxygens (including phenoxy) is 1. The molecule has 0 amide bonds. The Morgan fingerprint density at radius 2 is 1.80 bits per heavy atom. The summed E-state index contributed by atoms with van der Waals surface area (Å²) in [5.74, 6) is 0.815. The van der Waals surface area contributed by atoms with Crippen molar-refractivity contribution < 1.29 is 9.53 Å². The van der Waals surface area contributed by atoms with E-state index in [1.807, 2.05) is 42.5 Å². The van der Waals surface area contributed by atoms with Crippen LogP contribution in [0.2, 0.25) is 0 Å². The quantitative estimate of drug-likeness (QED) is 0.675. The third-order valence-electron chi connectivity index (χ3n) is 3.12. The van der Waals surface area contributed by atoms with E-state index in [9.17, 15) is 4.79 Å². The Morgan fingerprint density at radius 1 is 1.00 bits per heavy atom. The normalized spacial score (nSPS) is 10.4. The smallest absolute Gasteiger partial charge is 0.150 e. The highest BCUT2D eigenvalue weighted by Crippen LogP contribution is 2.24. The lowest BCUT2D eigenvalue weighted by Crippen LogP contribution is -1.96. The van der Waals surface area contributed by atoms with Gasteiger partial charge in [-0.05, 0) is 23.8 Å². The number of hydrogen-bond donors (Lipinski definition) is 0. The van der Waals surface area contributed by atoms with E-state index in [-0.39, 0.29) is 0 Å². The molecular formula is C17H13NO2. The number of carbonyl (C=O) groups is 1. The molecule has 98 valence electrons. The summed E-state index contributed by atoms with van der Waals surface area (Å²) in [7, 11) is 0. The molecule has 1 aromatic heterocycles. The molecule has 3 rings (SSSR count). The van der Waals surface area contributed by atoms with Crippen molar-refractivity contribution in [1.29, 1.82) is 0 Å². The Morgan fingerprint density at radius 3 is 2.60 bits per heavy atom. The third-order valence-corrected chi connectivity index (χ3v) is 3.12. The summed E-state index contributed by atoms with van der Waals surface area (Å²) in [6.07, 6.45) is 2.58. The zero-order valence-electron chi connectivity index (χ0n) is 10.8. The number of hydrogen-bond acceptors (Lipinski definition) is 3. The van der Waals surface area contributed by atoms with Crippen LogP contribution >= 0.6 is 0 Å². The lowest BCUT2D eigenvalue weighted by Gasteiger charge is -2.09. The molecule has 0 saturated heterocycles. The molecule has 0 atom stereocenters. The maximum Gasteiger partial charge on any atom is 0.150 e. The van der Waals surface area contributed by atoms with Crippen molar-refractivity contribution in [3.05, 3.63) is 71.9 Å². The maximum atomic E-state index is 10.6. The fourth-order valence-corrected chi connectivity index (χ4v) is 2.05. The first-order valence-corrected chi connectivity index (χ1v) is 6.37. The highest BCUT2D eigenvalue weighted by molar-refractivity contribution is 5.84. The molecule has 3 heteroatoms. The van der Waals surface area contributed by atoms with Crippen molar-refractivity contribution in [2.75, 3.05) is 0 Å². The second kappa shape index (κ2) is 5.53. The molecule has 3 aromatic rings. The lowest BCUT2D eigenvalue weighted by atomic mass is 10.1. The van der Waals surface area contributed by atoms with Crippen molar-refractivity contribution >= 4 is 17.2 Å². The number of aldehydes is 1. The lowest BCUT2D eigenvalue weighted by molar-refractivity contribution is 0.112. The van der Waals surface area contributed by atoms with Gasteiger partial charge in [0.1, 0.15) is 18.6 Å². The number of para-hydroxylation sites is 1. The molecule has 0 fully saturated rings. The van der Waals surface area contributed by atoms with Crippen molar-refractivity contribution in [3.63, 3.8) is 0 Å². The molecule has 0 saturated carbocycles. The van der Waals surface area contributed by atoms with E-state index in [0.29, 0.717) is 12.2 Å². The van der Waals surface area contributed by atoms with Crippen LogP contribution in [0.1, 0.15) is 15.9 Å². The predicted molar refractivity (Wildman–Crippen MR) is 77.9 cm³/mol. The fourth-order valence-electron chi connectivity index (χ4n) is 2.05. The summed E-state index contributed by atoms with van der Waals surface area (Å²) in [5.41, 5.74) is 2.61. The Labute approximate surface area is 116 Å². The largest absolute Gasteiger partial charge is 0.488 e. The van der Waals surface area contributed by atoms with Gasteiger partial charge in [-0.15, -0.1) is 0 Å². The van der Waals surface area contributed by atoms with Crippen LogP contribution in [0.5, 0.6) is 5.75 Å². The Kier molecular flexibility index (Phi) is 3.42. The average molecular weight is 263 g/mol. The summed E-state index contributed by atoms with van der Waals surface area (Å²) in [4.78, 5) is 14.9. The van der Waals surface area contributed by atoms with E-state index in [1.54, 1.807) is 18.3 Å². The number of carbonyl (C=O) groups excluding carboxylic acids is 1. The van der Waals surface area contributed by atoms with Crippen molar-refractivity contribution in [2.45, 2.75) is 6.61 Å². The summed E-state index contributed by atoms with van der Waals surface area (Å²) in [5, 5.41) is 1.000. The summed E-state index contributed by atoms with van der Waals surface area (Å²) in [6, 6.07) is 17.1. The molecule has 0 N–H and O–H groups in total. The van der Waals surface area contributed by atoms with Gasteiger partial charge in [0, 0.05) is 17.1 Å². The fraction of sp³-hybridized carbons (Fsp3) is 0.0588. The van der Waals surface area contributed by atoms with E-state index in [1.165, 1.54) is 0 Å². The molecule has 3 nitrogen and oxygen atoms in total. The molecule has 0 spiro atoms. The molecule has 2 aromatic carbocycles. The van der Waals surface area contributed by atoms with Crippen LogP contribution in [0.3, 0.4) is 0 Å². The van der Waals surface area contributed by atoms with Gasteiger partial charge < -0.3 is 4.74 Å². The number of rotatable bonds is 4. The van der Waals surface area contributed by atoms with Gasteiger partial charge >= 0.3 is 0 Å². The van der Waals surface area contributed by atoms with Crippen LogP contribution in [0, 0.1) is 0 Å².